The molecule has 0 bridgehead atoms. The van der Waals surface area contributed by atoms with Gasteiger partial charge in [0.25, 0.3) is 5.91 Å². The van der Waals surface area contributed by atoms with E-state index >= 15 is 0 Å². The molecular weight excluding hydrogens is 576 g/mol. The highest BCUT2D eigenvalue weighted by Crippen LogP contribution is 2.30. The maximum atomic E-state index is 13.5. The molecule has 11 nitrogen and oxygen atoms in total. The number of pyridine rings is 1. The topological polar surface area (TPSA) is 119 Å². The number of rotatable bonds is 7. The minimum atomic E-state index is -2.88. The van der Waals surface area contributed by atoms with Crippen molar-refractivity contribution in [1.29, 1.82) is 0 Å². The third-order valence-corrected chi connectivity index (χ3v) is 7.91. The highest BCUT2D eigenvalue weighted by atomic mass is 32.1. The molecule has 5 heterocycles. The molecule has 1 fully saturated rings. The maximum absolute atomic E-state index is 13.5. The molecule has 1 unspecified atom stereocenters. The van der Waals surface area contributed by atoms with Crippen LogP contribution in [0, 0.1) is 0 Å². The van der Waals surface area contributed by atoms with E-state index in [1.165, 1.54) is 11.5 Å². The number of hydrogen-bond donors (Lipinski definition) is 0. The predicted molar refractivity (Wildman–Crippen MR) is 153 cm³/mol. The number of oxazole rings is 1. The van der Waals surface area contributed by atoms with E-state index in [9.17, 15) is 13.6 Å². The van der Waals surface area contributed by atoms with Crippen LogP contribution in [0.15, 0.2) is 82.9 Å². The number of hydrogen-bond acceptors (Lipinski definition) is 10. The zero-order valence-electron chi connectivity index (χ0n) is 22.5. The van der Waals surface area contributed by atoms with Crippen LogP contribution in [0.5, 0.6) is 0 Å². The molecule has 0 saturated carbocycles. The summed E-state index contributed by atoms with van der Waals surface area (Å²) in [6.45, 7) is -1.13. The monoisotopic (exact) mass is 599 g/mol. The summed E-state index contributed by atoms with van der Waals surface area (Å²) < 4.78 is 36.5. The Morgan fingerprint density at radius 3 is 2.53 bits per heavy atom. The Kier molecular flexibility index (Phi) is 7.12. The Balaban J connectivity index is 1.08. The van der Waals surface area contributed by atoms with Gasteiger partial charge in [0.05, 0.1) is 6.04 Å². The summed E-state index contributed by atoms with van der Waals surface area (Å²) in [5.74, 6) is 0.355. The zero-order chi connectivity index (χ0) is 29.3. The standard InChI is InChI=1S/C29H23F2N9O2S/c30-29(31)40-36-26(35-37-40)25(18-4-2-1-3-5-18)38-10-12-39(13-11-38)28(41)23-15-20(8-9-32-23)27-34-22-14-19(6-7-24(22)42-27)21-16-33-43-17-21/h1-9,14-17,25,29H,10-13H2. The number of alkyl halides is 2. The number of halogens is 2. The first kappa shape index (κ1) is 26.9. The van der Waals surface area contributed by atoms with Crippen LogP contribution in [0.2, 0.25) is 0 Å². The van der Waals surface area contributed by atoms with E-state index < -0.39 is 12.6 Å². The van der Waals surface area contributed by atoms with Gasteiger partial charge in [0.15, 0.2) is 11.4 Å². The van der Waals surface area contributed by atoms with Gasteiger partial charge in [-0.2, -0.15) is 8.78 Å². The molecule has 0 N–H and O–H groups in total. The number of fused-ring (bicyclic) bond motifs is 1. The van der Waals surface area contributed by atoms with Crippen LogP contribution < -0.4 is 0 Å². The van der Waals surface area contributed by atoms with Crippen LogP contribution in [-0.4, -0.2) is 76.4 Å². The van der Waals surface area contributed by atoms with Crippen molar-refractivity contribution in [3.63, 3.8) is 0 Å². The second-order valence-corrected chi connectivity index (χ2v) is 10.6. The van der Waals surface area contributed by atoms with E-state index in [0.29, 0.717) is 53.5 Å². The minimum Gasteiger partial charge on any atom is -0.436 e. The fraction of sp³-hybridized carbons (Fsp3) is 0.207. The fourth-order valence-corrected chi connectivity index (χ4v) is 5.74. The average Bonchev–Trinajstić information content (AvgIpc) is 3.83. The Labute approximate surface area is 247 Å². The molecule has 0 spiro atoms. The van der Waals surface area contributed by atoms with Crippen LogP contribution in [0.3, 0.4) is 0 Å². The number of amides is 1. The quantitative estimate of drug-likeness (QED) is 0.251. The molecule has 6 aromatic rings. The Morgan fingerprint density at radius 1 is 0.953 bits per heavy atom. The van der Waals surface area contributed by atoms with Crippen LogP contribution in [0.25, 0.3) is 33.7 Å². The van der Waals surface area contributed by atoms with Crippen molar-refractivity contribution in [3.05, 3.63) is 95.5 Å². The number of carbonyl (C=O) groups is 1. The number of piperazine rings is 1. The molecule has 0 aliphatic carbocycles. The number of carbonyl (C=O) groups excluding carboxylic acids is 1. The van der Waals surface area contributed by atoms with Crippen molar-refractivity contribution < 1.29 is 18.0 Å². The van der Waals surface area contributed by atoms with E-state index in [2.05, 4.69) is 34.7 Å². The van der Waals surface area contributed by atoms with Gasteiger partial charge in [-0.05, 0) is 52.1 Å². The van der Waals surface area contributed by atoms with Gasteiger partial charge >= 0.3 is 6.55 Å². The Hall–Kier alpha value is -4.95. The van der Waals surface area contributed by atoms with Crippen molar-refractivity contribution in [3.8, 4) is 22.6 Å². The van der Waals surface area contributed by atoms with Gasteiger partial charge in [0.1, 0.15) is 11.2 Å². The average molecular weight is 600 g/mol. The van der Waals surface area contributed by atoms with Crippen LogP contribution >= 0.6 is 11.5 Å². The molecular formula is C29H23F2N9O2S. The van der Waals surface area contributed by atoms with Crippen molar-refractivity contribution >= 4 is 28.5 Å². The van der Waals surface area contributed by atoms with E-state index in [1.54, 1.807) is 23.2 Å². The lowest BCUT2D eigenvalue weighted by atomic mass is 10.0. The molecule has 1 amide bonds. The summed E-state index contributed by atoms with van der Waals surface area (Å²) in [6.07, 6.45) is 3.38. The van der Waals surface area contributed by atoms with Crippen molar-refractivity contribution in [1.82, 2.24) is 44.3 Å². The number of nitrogens with zero attached hydrogens (tertiary/aromatic N) is 9. The molecule has 2 aromatic carbocycles. The highest BCUT2D eigenvalue weighted by Gasteiger charge is 2.32. The molecule has 1 saturated heterocycles. The van der Waals surface area contributed by atoms with Crippen molar-refractivity contribution in [2.45, 2.75) is 12.6 Å². The zero-order valence-corrected chi connectivity index (χ0v) is 23.3. The lowest BCUT2D eigenvalue weighted by Gasteiger charge is -2.38. The maximum Gasteiger partial charge on any atom is 0.350 e. The van der Waals surface area contributed by atoms with E-state index in [4.69, 9.17) is 4.42 Å². The second kappa shape index (κ2) is 11.4. The molecule has 1 aliphatic rings. The summed E-state index contributed by atoms with van der Waals surface area (Å²) in [7, 11) is 0. The van der Waals surface area contributed by atoms with Crippen LogP contribution in [0.1, 0.15) is 34.5 Å². The summed E-state index contributed by atoms with van der Waals surface area (Å²) in [5, 5.41) is 13.3. The first-order valence-corrected chi connectivity index (χ1v) is 14.3. The molecule has 1 atom stereocenters. The smallest absolute Gasteiger partial charge is 0.350 e. The third kappa shape index (κ3) is 5.37. The fourth-order valence-electron chi connectivity index (χ4n) is 5.19. The van der Waals surface area contributed by atoms with Gasteiger partial charge in [0.2, 0.25) is 5.89 Å². The van der Waals surface area contributed by atoms with E-state index in [0.717, 1.165) is 16.7 Å². The predicted octanol–water partition coefficient (Wildman–Crippen LogP) is 4.94. The molecule has 1 aliphatic heterocycles. The molecule has 216 valence electrons. The van der Waals surface area contributed by atoms with Gasteiger partial charge in [-0.3, -0.25) is 14.7 Å². The van der Waals surface area contributed by atoms with E-state index in [-0.39, 0.29) is 17.4 Å². The number of benzene rings is 2. The molecule has 14 heteroatoms. The Morgan fingerprint density at radius 2 is 1.79 bits per heavy atom. The first-order chi connectivity index (χ1) is 21.0. The second-order valence-electron chi connectivity index (χ2n) is 9.93. The van der Waals surface area contributed by atoms with Crippen molar-refractivity contribution in [2.75, 3.05) is 26.2 Å². The third-order valence-electron chi connectivity index (χ3n) is 7.32. The normalized spacial score (nSPS) is 14.9. The minimum absolute atomic E-state index is 0.179. The number of tetrazole rings is 1. The summed E-state index contributed by atoms with van der Waals surface area (Å²) in [4.78, 5) is 26.6. The van der Waals surface area contributed by atoms with E-state index in [1.807, 2.05) is 60.1 Å². The first-order valence-electron chi connectivity index (χ1n) is 13.5. The van der Waals surface area contributed by atoms with Crippen LogP contribution in [0.4, 0.5) is 8.78 Å². The van der Waals surface area contributed by atoms with Crippen LogP contribution in [-0.2, 0) is 0 Å². The number of aromatic nitrogens is 7. The van der Waals surface area contributed by atoms with Gasteiger partial charge in [-0.15, -0.1) is 10.2 Å². The SMILES string of the molecule is O=C(c1cc(-c2nc3cc(-c4cnsc4)ccc3o2)ccn1)N1CCN(C(c2ccccc2)c2nnn(C(F)F)n2)CC1. The molecule has 4 aromatic heterocycles. The summed E-state index contributed by atoms with van der Waals surface area (Å²) >= 11 is 1.39. The molecule has 7 rings (SSSR count). The van der Waals surface area contributed by atoms with Gasteiger partial charge in [0, 0.05) is 55.1 Å². The largest absolute Gasteiger partial charge is 0.436 e. The molecule has 0 radical (unpaired) electrons. The van der Waals surface area contributed by atoms with Crippen molar-refractivity contribution in [2.24, 2.45) is 0 Å². The van der Waals surface area contributed by atoms with Gasteiger partial charge in [-0.1, -0.05) is 41.2 Å². The van der Waals surface area contributed by atoms with Gasteiger partial charge in [-0.25, -0.2) is 9.36 Å². The molecule has 43 heavy (non-hydrogen) atoms. The highest BCUT2D eigenvalue weighted by molar-refractivity contribution is 7.03. The lowest BCUT2D eigenvalue weighted by molar-refractivity contribution is 0.0385. The summed E-state index contributed by atoms with van der Waals surface area (Å²) in [5.41, 5.74) is 5.12. The lowest BCUT2D eigenvalue weighted by Crippen LogP contribution is -2.50. The van der Waals surface area contributed by atoms with Gasteiger partial charge < -0.3 is 9.32 Å². The Bertz CT molecular complexity index is 1870. The summed E-state index contributed by atoms with van der Waals surface area (Å²) in [6, 6.07) is 18.1.